The van der Waals surface area contributed by atoms with Crippen molar-refractivity contribution in [3.05, 3.63) is 36.1 Å². The molecular weight excluding hydrogens is 304 g/mol. The normalized spacial score (nSPS) is 10.3. The van der Waals surface area contributed by atoms with Crippen LogP contribution in [-0.4, -0.2) is 33.3 Å². The van der Waals surface area contributed by atoms with Crippen LogP contribution in [0, 0.1) is 0 Å². The summed E-state index contributed by atoms with van der Waals surface area (Å²) in [6, 6.07) is 3.92. The van der Waals surface area contributed by atoms with Gasteiger partial charge in [0.25, 0.3) is 5.89 Å². The molecule has 7 heteroatoms. The van der Waals surface area contributed by atoms with Gasteiger partial charge in [0.1, 0.15) is 0 Å². The van der Waals surface area contributed by atoms with E-state index in [0.29, 0.717) is 30.0 Å². The van der Waals surface area contributed by atoms with Gasteiger partial charge in [0, 0.05) is 13.1 Å². The second-order valence-electron chi connectivity index (χ2n) is 4.37. The summed E-state index contributed by atoms with van der Waals surface area (Å²) in [7, 11) is 0. The molecule has 0 spiro atoms. The van der Waals surface area contributed by atoms with Gasteiger partial charge >= 0.3 is 0 Å². The van der Waals surface area contributed by atoms with Gasteiger partial charge in [0.15, 0.2) is 5.11 Å². The average molecular weight is 322 g/mol. The molecule has 0 aliphatic heterocycles. The molecule has 2 heterocycles. The second kappa shape index (κ2) is 7.90. The number of hydrogen-bond acceptors (Lipinski definition) is 5. The van der Waals surface area contributed by atoms with Crippen LogP contribution in [0.3, 0.4) is 0 Å². The van der Waals surface area contributed by atoms with Gasteiger partial charge in [-0.3, -0.25) is 0 Å². The number of nitrogens with one attached hydrogen (secondary N) is 1. The standard InChI is InChI=1S/C14H18N4OS2/c1-3-7-15-14(20)18(8-4-2)10-12-16-17-13(19-12)11-6-5-9-21-11/h3,5-6,9H,1,4,7-8,10H2,2H3,(H,15,20). The lowest BCUT2D eigenvalue weighted by molar-refractivity contribution is 0.352. The molecule has 0 atom stereocenters. The zero-order valence-corrected chi connectivity index (χ0v) is 13.5. The minimum atomic E-state index is 0.509. The molecule has 0 saturated heterocycles. The fourth-order valence-corrected chi connectivity index (χ4v) is 2.66. The summed E-state index contributed by atoms with van der Waals surface area (Å²) in [5, 5.41) is 14.0. The maximum Gasteiger partial charge on any atom is 0.257 e. The third-order valence-corrected chi connectivity index (χ3v) is 3.96. The largest absolute Gasteiger partial charge is 0.418 e. The van der Waals surface area contributed by atoms with Crippen molar-refractivity contribution in [1.82, 2.24) is 20.4 Å². The topological polar surface area (TPSA) is 54.2 Å². The monoisotopic (exact) mass is 322 g/mol. The third-order valence-electron chi connectivity index (χ3n) is 2.70. The fourth-order valence-electron chi connectivity index (χ4n) is 1.77. The minimum absolute atomic E-state index is 0.509. The lowest BCUT2D eigenvalue weighted by Gasteiger charge is -2.23. The Hall–Kier alpha value is -1.73. The van der Waals surface area contributed by atoms with E-state index in [-0.39, 0.29) is 0 Å². The molecule has 2 rings (SSSR count). The molecule has 112 valence electrons. The number of nitrogens with zero attached hydrogens (tertiary/aromatic N) is 3. The first kappa shape index (κ1) is 15.7. The molecule has 0 radical (unpaired) electrons. The van der Waals surface area contributed by atoms with Crippen LogP contribution in [0.5, 0.6) is 0 Å². The van der Waals surface area contributed by atoms with Crippen molar-refractivity contribution in [3.63, 3.8) is 0 Å². The number of thiophene rings is 1. The van der Waals surface area contributed by atoms with Crippen molar-refractivity contribution in [3.8, 4) is 10.8 Å². The predicted octanol–water partition coefficient (Wildman–Crippen LogP) is 3.07. The Morgan fingerprint density at radius 1 is 1.57 bits per heavy atom. The molecule has 21 heavy (non-hydrogen) atoms. The molecule has 0 fully saturated rings. The van der Waals surface area contributed by atoms with Crippen LogP contribution in [-0.2, 0) is 6.54 Å². The van der Waals surface area contributed by atoms with E-state index in [2.05, 4.69) is 29.0 Å². The molecule has 1 N–H and O–H groups in total. The summed E-state index contributed by atoms with van der Waals surface area (Å²) in [5.41, 5.74) is 0. The van der Waals surface area contributed by atoms with Crippen LogP contribution in [0.25, 0.3) is 10.8 Å². The smallest absolute Gasteiger partial charge is 0.257 e. The second-order valence-corrected chi connectivity index (χ2v) is 5.71. The van der Waals surface area contributed by atoms with Gasteiger partial charge in [-0.15, -0.1) is 28.1 Å². The average Bonchev–Trinajstić information content (AvgIpc) is 3.14. The predicted molar refractivity (Wildman–Crippen MR) is 89.1 cm³/mol. The molecule has 0 amide bonds. The molecule has 0 aliphatic rings. The highest BCUT2D eigenvalue weighted by Crippen LogP contribution is 2.23. The summed E-state index contributed by atoms with van der Waals surface area (Å²) in [4.78, 5) is 2.99. The van der Waals surface area contributed by atoms with Crippen molar-refractivity contribution in [1.29, 1.82) is 0 Å². The Morgan fingerprint density at radius 3 is 3.10 bits per heavy atom. The van der Waals surface area contributed by atoms with E-state index in [4.69, 9.17) is 16.6 Å². The lowest BCUT2D eigenvalue weighted by Crippen LogP contribution is -2.39. The minimum Gasteiger partial charge on any atom is -0.418 e. The lowest BCUT2D eigenvalue weighted by atomic mass is 10.4. The Balaban J connectivity index is 2.03. The maximum atomic E-state index is 5.70. The van der Waals surface area contributed by atoms with Crippen molar-refractivity contribution >= 4 is 28.7 Å². The first-order chi connectivity index (χ1) is 10.2. The van der Waals surface area contributed by atoms with Crippen molar-refractivity contribution in [2.24, 2.45) is 0 Å². The summed E-state index contributed by atoms with van der Waals surface area (Å²) in [6.45, 7) is 7.76. The molecule has 2 aromatic rings. The molecule has 0 bridgehead atoms. The molecule has 0 saturated carbocycles. The highest BCUT2D eigenvalue weighted by atomic mass is 32.1. The van der Waals surface area contributed by atoms with E-state index in [1.807, 2.05) is 22.4 Å². The highest BCUT2D eigenvalue weighted by Gasteiger charge is 2.14. The van der Waals surface area contributed by atoms with E-state index >= 15 is 0 Å². The molecule has 5 nitrogen and oxygen atoms in total. The van der Waals surface area contributed by atoms with Gasteiger partial charge in [0.2, 0.25) is 5.89 Å². The molecular formula is C14H18N4OS2. The number of aromatic nitrogens is 2. The van der Waals surface area contributed by atoms with E-state index in [1.165, 1.54) is 0 Å². The number of hydrogen-bond donors (Lipinski definition) is 1. The van der Waals surface area contributed by atoms with Gasteiger partial charge in [-0.25, -0.2) is 0 Å². The summed E-state index contributed by atoms with van der Waals surface area (Å²) >= 11 is 6.95. The van der Waals surface area contributed by atoms with Gasteiger partial charge in [-0.2, -0.15) is 0 Å². The fraction of sp³-hybridized carbons (Fsp3) is 0.357. The maximum absolute atomic E-state index is 5.70. The Morgan fingerprint density at radius 2 is 2.43 bits per heavy atom. The third kappa shape index (κ3) is 4.37. The van der Waals surface area contributed by atoms with E-state index in [0.717, 1.165) is 17.8 Å². The van der Waals surface area contributed by atoms with Crippen molar-refractivity contribution in [2.75, 3.05) is 13.1 Å². The van der Waals surface area contributed by atoms with Gasteiger partial charge < -0.3 is 14.6 Å². The van der Waals surface area contributed by atoms with Crippen molar-refractivity contribution in [2.45, 2.75) is 19.9 Å². The summed E-state index contributed by atoms with van der Waals surface area (Å²) in [5.74, 6) is 1.12. The van der Waals surface area contributed by atoms with Gasteiger partial charge in [-0.05, 0) is 30.1 Å². The molecule has 0 aliphatic carbocycles. The van der Waals surface area contributed by atoms with Gasteiger partial charge in [0.05, 0.1) is 11.4 Å². The quantitative estimate of drug-likeness (QED) is 0.624. The van der Waals surface area contributed by atoms with Crippen LogP contribution >= 0.6 is 23.6 Å². The zero-order chi connectivity index (χ0) is 15.1. The first-order valence-corrected chi connectivity index (χ1v) is 8.03. The summed E-state index contributed by atoms with van der Waals surface area (Å²) < 4.78 is 5.70. The zero-order valence-electron chi connectivity index (χ0n) is 11.9. The SMILES string of the molecule is C=CCNC(=S)N(CCC)Cc1nnc(-c2cccs2)o1. The van der Waals surface area contributed by atoms with E-state index in [1.54, 1.807) is 17.4 Å². The Bertz CT molecular complexity index is 580. The Labute approximate surface area is 133 Å². The molecule has 2 aromatic heterocycles. The van der Waals surface area contributed by atoms with Crippen molar-refractivity contribution < 1.29 is 4.42 Å². The van der Waals surface area contributed by atoms with Crippen LogP contribution in [0.15, 0.2) is 34.6 Å². The number of thiocarbonyl (C=S) groups is 1. The molecule has 0 unspecified atom stereocenters. The number of rotatable bonds is 7. The van der Waals surface area contributed by atoms with E-state index in [9.17, 15) is 0 Å². The summed E-state index contributed by atoms with van der Waals surface area (Å²) in [6.07, 6.45) is 2.76. The first-order valence-electron chi connectivity index (χ1n) is 6.74. The van der Waals surface area contributed by atoms with Gasteiger partial charge in [-0.1, -0.05) is 19.1 Å². The Kier molecular flexibility index (Phi) is 5.89. The van der Waals surface area contributed by atoms with Crippen LogP contribution in [0.4, 0.5) is 0 Å². The van der Waals surface area contributed by atoms with Crippen LogP contribution in [0.1, 0.15) is 19.2 Å². The van der Waals surface area contributed by atoms with E-state index < -0.39 is 0 Å². The van der Waals surface area contributed by atoms with Crippen LogP contribution in [0.2, 0.25) is 0 Å². The molecule has 0 aromatic carbocycles. The van der Waals surface area contributed by atoms with Crippen LogP contribution < -0.4 is 5.32 Å². The highest BCUT2D eigenvalue weighted by molar-refractivity contribution is 7.80.